The SMILES string of the molecule is CCc1ccc(CNCC2CCCCC2CN)s1. The Hall–Kier alpha value is -0.380. The van der Waals surface area contributed by atoms with Crippen molar-refractivity contribution in [2.24, 2.45) is 17.6 Å². The molecule has 102 valence electrons. The highest BCUT2D eigenvalue weighted by Crippen LogP contribution is 2.28. The van der Waals surface area contributed by atoms with Crippen LogP contribution in [0.4, 0.5) is 0 Å². The zero-order valence-electron chi connectivity index (χ0n) is 11.5. The first-order chi connectivity index (χ1) is 8.83. The minimum Gasteiger partial charge on any atom is -0.330 e. The molecule has 18 heavy (non-hydrogen) atoms. The van der Waals surface area contributed by atoms with E-state index in [1.165, 1.54) is 35.4 Å². The molecule has 2 unspecified atom stereocenters. The molecule has 1 heterocycles. The maximum Gasteiger partial charge on any atom is 0.0299 e. The molecule has 0 saturated heterocycles. The Morgan fingerprint density at radius 1 is 1.22 bits per heavy atom. The minimum atomic E-state index is 0.751. The molecule has 1 aromatic rings. The van der Waals surface area contributed by atoms with Crippen LogP contribution in [0.3, 0.4) is 0 Å². The van der Waals surface area contributed by atoms with Crippen LogP contribution in [0, 0.1) is 11.8 Å². The molecule has 3 N–H and O–H groups in total. The highest BCUT2D eigenvalue weighted by molar-refractivity contribution is 7.11. The molecule has 1 aliphatic rings. The number of nitrogens with two attached hydrogens (primary N) is 1. The van der Waals surface area contributed by atoms with Crippen molar-refractivity contribution in [2.45, 2.75) is 45.6 Å². The van der Waals surface area contributed by atoms with Gasteiger partial charge in [0, 0.05) is 16.3 Å². The standard InChI is InChI=1S/C15H26N2S/c1-2-14-7-8-15(18-14)11-17-10-13-6-4-3-5-12(13)9-16/h7-8,12-13,17H,2-6,9-11,16H2,1H3. The van der Waals surface area contributed by atoms with E-state index in [0.717, 1.165) is 37.9 Å². The normalized spacial score (nSPS) is 24.3. The second kappa shape index (κ2) is 7.27. The van der Waals surface area contributed by atoms with E-state index in [2.05, 4.69) is 24.4 Å². The van der Waals surface area contributed by atoms with Gasteiger partial charge >= 0.3 is 0 Å². The lowest BCUT2D eigenvalue weighted by atomic mass is 9.79. The van der Waals surface area contributed by atoms with E-state index in [4.69, 9.17) is 5.73 Å². The Labute approximate surface area is 115 Å². The summed E-state index contributed by atoms with van der Waals surface area (Å²) in [5.41, 5.74) is 5.87. The van der Waals surface area contributed by atoms with Gasteiger partial charge in [0.15, 0.2) is 0 Å². The predicted molar refractivity (Wildman–Crippen MR) is 79.9 cm³/mol. The third-order valence-electron chi connectivity index (χ3n) is 4.14. The monoisotopic (exact) mass is 266 g/mol. The van der Waals surface area contributed by atoms with Gasteiger partial charge in [0.2, 0.25) is 0 Å². The van der Waals surface area contributed by atoms with Crippen LogP contribution in [0.1, 0.15) is 42.4 Å². The van der Waals surface area contributed by atoms with Gasteiger partial charge in [0.05, 0.1) is 0 Å². The lowest BCUT2D eigenvalue weighted by Gasteiger charge is -2.30. The van der Waals surface area contributed by atoms with Crippen LogP contribution in [0.25, 0.3) is 0 Å². The molecular weight excluding hydrogens is 240 g/mol. The van der Waals surface area contributed by atoms with Crippen molar-refractivity contribution in [3.8, 4) is 0 Å². The number of nitrogens with one attached hydrogen (secondary N) is 1. The number of hydrogen-bond acceptors (Lipinski definition) is 3. The van der Waals surface area contributed by atoms with Crippen molar-refractivity contribution in [3.63, 3.8) is 0 Å². The summed E-state index contributed by atoms with van der Waals surface area (Å²) in [6.07, 6.45) is 6.62. The second-order valence-corrected chi connectivity index (χ2v) is 6.65. The average molecular weight is 266 g/mol. The van der Waals surface area contributed by atoms with Crippen molar-refractivity contribution >= 4 is 11.3 Å². The van der Waals surface area contributed by atoms with E-state index in [9.17, 15) is 0 Å². The van der Waals surface area contributed by atoms with E-state index in [0.29, 0.717) is 0 Å². The maximum atomic E-state index is 5.87. The lowest BCUT2D eigenvalue weighted by Crippen LogP contribution is -2.34. The summed E-state index contributed by atoms with van der Waals surface area (Å²) < 4.78 is 0. The van der Waals surface area contributed by atoms with Gasteiger partial charge in [-0.3, -0.25) is 0 Å². The molecule has 1 aliphatic carbocycles. The molecule has 0 aliphatic heterocycles. The van der Waals surface area contributed by atoms with Gasteiger partial charge in [-0.25, -0.2) is 0 Å². The maximum absolute atomic E-state index is 5.87. The smallest absolute Gasteiger partial charge is 0.0299 e. The Morgan fingerprint density at radius 3 is 2.61 bits per heavy atom. The fourth-order valence-corrected chi connectivity index (χ4v) is 3.88. The summed E-state index contributed by atoms with van der Waals surface area (Å²) in [6.45, 7) is 5.25. The molecule has 2 rings (SSSR count). The second-order valence-electron chi connectivity index (χ2n) is 5.39. The predicted octanol–water partition coefficient (Wildman–Crippen LogP) is 3.17. The summed E-state index contributed by atoms with van der Waals surface area (Å²) in [6, 6.07) is 4.52. The van der Waals surface area contributed by atoms with Crippen molar-refractivity contribution in [1.82, 2.24) is 5.32 Å². The third-order valence-corrected chi connectivity index (χ3v) is 5.37. The van der Waals surface area contributed by atoms with Gasteiger partial charge in [-0.1, -0.05) is 19.8 Å². The number of thiophene rings is 1. The van der Waals surface area contributed by atoms with Crippen molar-refractivity contribution < 1.29 is 0 Å². The highest BCUT2D eigenvalue weighted by Gasteiger charge is 2.23. The van der Waals surface area contributed by atoms with E-state index >= 15 is 0 Å². The van der Waals surface area contributed by atoms with E-state index in [1.807, 2.05) is 11.3 Å². The summed E-state index contributed by atoms with van der Waals surface area (Å²) in [5.74, 6) is 1.55. The molecule has 0 bridgehead atoms. The van der Waals surface area contributed by atoms with E-state index in [-0.39, 0.29) is 0 Å². The van der Waals surface area contributed by atoms with Gasteiger partial charge in [0.1, 0.15) is 0 Å². The van der Waals surface area contributed by atoms with Crippen LogP contribution in [-0.4, -0.2) is 13.1 Å². The molecule has 0 aromatic carbocycles. The first kappa shape index (κ1) is 14.0. The van der Waals surface area contributed by atoms with Gasteiger partial charge in [-0.15, -0.1) is 11.3 Å². The Bertz CT molecular complexity index is 348. The van der Waals surface area contributed by atoms with Gasteiger partial charge in [-0.05, 0) is 56.3 Å². The minimum absolute atomic E-state index is 0.751. The molecule has 1 fully saturated rings. The first-order valence-corrected chi connectivity index (χ1v) is 8.13. The van der Waals surface area contributed by atoms with E-state index < -0.39 is 0 Å². The van der Waals surface area contributed by atoms with Crippen LogP contribution < -0.4 is 11.1 Å². The van der Waals surface area contributed by atoms with Crippen LogP contribution in [-0.2, 0) is 13.0 Å². The van der Waals surface area contributed by atoms with Crippen LogP contribution in [0.2, 0.25) is 0 Å². The van der Waals surface area contributed by atoms with Crippen LogP contribution in [0.5, 0.6) is 0 Å². The molecule has 3 heteroatoms. The Kier molecular flexibility index (Phi) is 5.67. The molecule has 2 atom stereocenters. The molecular formula is C15H26N2S. The van der Waals surface area contributed by atoms with Crippen molar-refractivity contribution in [3.05, 3.63) is 21.9 Å². The number of aryl methyl sites for hydroxylation is 1. The summed E-state index contributed by atoms with van der Waals surface area (Å²) in [5, 5.41) is 3.63. The zero-order chi connectivity index (χ0) is 12.8. The molecule has 0 spiro atoms. The molecule has 2 nitrogen and oxygen atoms in total. The van der Waals surface area contributed by atoms with Gasteiger partial charge in [0.25, 0.3) is 0 Å². The van der Waals surface area contributed by atoms with Gasteiger partial charge < -0.3 is 11.1 Å². The largest absolute Gasteiger partial charge is 0.330 e. The van der Waals surface area contributed by atoms with Crippen LogP contribution >= 0.6 is 11.3 Å². The summed E-state index contributed by atoms with van der Waals surface area (Å²) in [7, 11) is 0. The fourth-order valence-electron chi connectivity index (χ4n) is 2.95. The molecule has 0 radical (unpaired) electrons. The number of rotatable bonds is 6. The number of hydrogen-bond donors (Lipinski definition) is 2. The topological polar surface area (TPSA) is 38.0 Å². The van der Waals surface area contributed by atoms with E-state index in [1.54, 1.807) is 0 Å². The molecule has 1 saturated carbocycles. The van der Waals surface area contributed by atoms with Gasteiger partial charge in [-0.2, -0.15) is 0 Å². The van der Waals surface area contributed by atoms with Crippen LogP contribution in [0.15, 0.2) is 12.1 Å². The fraction of sp³-hybridized carbons (Fsp3) is 0.733. The summed E-state index contributed by atoms with van der Waals surface area (Å²) in [4.78, 5) is 2.95. The zero-order valence-corrected chi connectivity index (χ0v) is 12.3. The Balaban J connectivity index is 1.73. The molecule has 1 aromatic heterocycles. The quantitative estimate of drug-likeness (QED) is 0.830. The molecule has 0 amide bonds. The Morgan fingerprint density at radius 2 is 1.94 bits per heavy atom. The lowest BCUT2D eigenvalue weighted by molar-refractivity contribution is 0.236. The highest BCUT2D eigenvalue weighted by atomic mass is 32.1. The average Bonchev–Trinajstić information content (AvgIpc) is 2.87. The van der Waals surface area contributed by atoms with Crippen molar-refractivity contribution in [1.29, 1.82) is 0 Å². The third kappa shape index (κ3) is 3.81. The first-order valence-electron chi connectivity index (χ1n) is 7.31. The summed E-state index contributed by atoms with van der Waals surface area (Å²) >= 11 is 1.94. The van der Waals surface area contributed by atoms with Crippen molar-refractivity contribution in [2.75, 3.05) is 13.1 Å².